The highest BCUT2D eigenvalue weighted by atomic mass is 19.1. The van der Waals surface area contributed by atoms with Crippen molar-refractivity contribution in [2.24, 2.45) is 0 Å². The van der Waals surface area contributed by atoms with Gasteiger partial charge < -0.3 is 9.67 Å². The topological polar surface area (TPSA) is 55.1 Å². The van der Waals surface area contributed by atoms with E-state index in [0.717, 1.165) is 29.7 Å². The first kappa shape index (κ1) is 14.9. The Labute approximate surface area is 138 Å². The van der Waals surface area contributed by atoms with Crippen LogP contribution in [0.15, 0.2) is 42.5 Å². The Morgan fingerprint density at radius 1 is 1.12 bits per heavy atom. The number of carboxylic acid groups (broad SMARTS) is 1. The number of aromatic nitrogens is 2. The molecule has 0 saturated heterocycles. The number of hydrogen-bond acceptors (Lipinski definition) is 2. The average Bonchev–Trinajstić information content (AvgIpc) is 3.21. The molecular formula is C19H17FN2O2. The number of imidazole rings is 1. The van der Waals surface area contributed by atoms with Gasteiger partial charge in [0.25, 0.3) is 0 Å². The molecule has 1 aliphatic rings. The van der Waals surface area contributed by atoms with Gasteiger partial charge >= 0.3 is 5.97 Å². The van der Waals surface area contributed by atoms with Gasteiger partial charge in [0.2, 0.25) is 0 Å². The van der Waals surface area contributed by atoms with Crippen LogP contribution in [0.3, 0.4) is 0 Å². The van der Waals surface area contributed by atoms with Crippen LogP contribution in [0.2, 0.25) is 0 Å². The Balaban J connectivity index is 1.94. The molecule has 0 spiro atoms. The molecule has 0 unspecified atom stereocenters. The monoisotopic (exact) mass is 324 g/mol. The van der Waals surface area contributed by atoms with Gasteiger partial charge in [0.15, 0.2) is 0 Å². The van der Waals surface area contributed by atoms with Gasteiger partial charge in [-0.3, -0.25) is 0 Å². The number of carboxylic acids is 1. The van der Waals surface area contributed by atoms with Crippen LogP contribution in [0.4, 0.5) is 4.39 Å². The van der Waals surface area contributed by atoms with E-state index in [1.165, 1.54) is 25.0 Å². The van der Waals surface area contributed by atoms with E-state index in [4.69, 9.17) is 0 Å². The third kappa shape index (κ3) is 2.46. The summed E-state index contributed by atoms with van der Waals surface area (Å²) >= 11 is 0. The zero-order chi connectivity index (χ0) is 16.7. The molecule has 1 aromatic heterocycles. The molecule has 4 nitrogen and oxygen atoms in total. The van der Waals surface area contributed by atoms with Crippen LogP contribution in [0.5, 0.6) is 0 Å². The minimum Gasteiger partial charge on any atom is -0.478 e. The predicted octanol–water partition coefficient (Wildman–Crippen LogP) is 4.66. The van der Waals surface area contributed by atoms with Crippen LogP contribution in [0.1, 0.15) is 42.1 Å². The third-order valence-electron chi connectivity index (χ3n) is 4.73. The second-order valence-corrected chi connectivity index (χ2v) is 6.26. The number of halogens is 1. The standard InChI is InChI=1S/C19H17FN2O2/c20-14-8-5-12(6-9-14)18-21-16-11-13(19(23)24)7-10-17(16)22(18)15-3-1-2-4-15/h5-11,15H,1-4H2,(H,23,24). The van der Waals surface area contributed by atoms with Gasteiger partial charge in [-0.1, -0.05) is 12.8 Å². The fourth-order valence-corrected chi connectivity index (χ4v) is 3.57. The molecule has 1 fully saturated rings. The molecule has 0 radical (unpaired) electrons. The fraction of sp³-hybridized carbons (Fsp3) is 0.263. The van der Waals surface area contributed by atoms with Crippen LogP contribution in [-0.4, -0.2) is 20.6 Å². The molecule has 1 aliphatic carbocycles. The number of benzene rings is 2. The quantitative estimate of drug-likeness (QED) is 0.762. The van der Waals surface area contributed by atoms with Gasteiger partial charge in [0.05, 0.1) is 16.6 Å². The molecule has 122 valence electrons. The number of carbonyl (C=O) groups is 1. The second-order valence-electron chi connectivity index (χ2n) is 6.26. The summed E-state index contributed by atoms with van der Waals surface area (Å²) in [4.78, 5) is 15.9. The minimum atomic E-state index is -0.962. The molecule has 4 rings (SSSR count). The highest BCUT2D eigenvalue weighted by Crippen LogP contribution is 2.37. The largest absolute Gasteiger partial charge is 0.478 e. The highest BCUT2D eigenvalue weighted by molar-refractivity contribution is 5.93. The van der Waals surface area contributed by atoms with Crippen molar-refractivity contribution in [3.8, 4) is 11.4 Å². The number of aromatic carboxylic acids is 1. The molecule has 0 bridgehead atoms. The first-order valence-electron chi connectivity index (χ1n) is 8.15. The van der Waals surface area contributed by atoms with Gasteiger partial charge in [-0.25, -0.2) is 14.2 Å². The summed E-state index contributed by atoms with van der Waals surface area (Å²) in [6, 6.07) is 11.7. The lowest BCUT2D eigenvalue weighted by Gasteiger charge is -2.16. The molecule has 1 N–H and O–H groups in total. The summed E-state index contributed by atoms with van der Waals surface area (Å²) in [5.41, 5.74) is 2.67. The van der Waals surface area contributed by atoms with E-state index in [-0.39, 0.29) is 11.4 Å². The maximum Gasteiger partial charge on any atom is 0.335 e. The molecular weight excluding hydrogens is 307 g/mol. The number of hydrogen-bond donors (Lipinski definition) is 1. The fourth-order valence-electron chi connectivity index (χ4n) is 3.57. The third-order valence-corrected chi connectivity index (χ3v) is 4.73. The van der Waals surface area contributed by atoms with Gasteiger partial charge in [-0.05, 0) is 55.3 Å². The lowest BCUT2D eigenvalue weighted by atomic mass is 10.1. The summed E-state index contributed by atoms with van der Waals surface area (Å²) in [5, 5.41) is 9.20. The Kier molecular flexibility index (Phi) is 3.56. The van der Waals surface area contributed by atoms with Crippen LogP contribution in [-0.2, 0) is 0 Å². The van der Waals surface area contributed by atoms with Crippen molar-refractivity contribution in [2.45, 2.75) is 31.7 Å². The normalized spacial score (nSPS) is 15.2. The molecule has 3 aromatic rings. The molecule has 24 heavy (non-hydrogen) atoms. The zero-order valence-electron chi connectivity index (χ0n) is 13.1. The van der Waals surface area contributed by atoms with Crippen molar-refractivity contribution in [3.63, 3.8) is 0 Å². The van der Waals surface area contributed by atoms with E-state index >= 15 is 0 Å². The summed E-state index contributed by atoms with van der Waals surface area (Å²) in [6.45, 7) is 0. The van der Waals surface area contributed by atoms with Gasteiger partial charge in [-0.15, -0.1) is 0 Å². The van der Waals surface area contributed by atoms with Crippen molar-refractivity contribution in [1.82, 2.24) is 9.55 Å². The SMILES string of the molecule is O=C(O)c1ccc2c(c1)nc(-c1ccc(F)cc1)n2C1CCCC1. The molecule has 0 atom stereocenters. The van der Waals surface area contributed by atoms with Crippen molar-refractivity contribution < 1.29 is 14.3 Å². The molecule has 0 amide bonds. The van der Waals surface area contributed by atoms with E-state index in [1.54, 1.807) is 24.3 Å². The number of fused-ring (bicyclic) bond motifs is 1. The van der Waals surface area contributed by atoms with Crippen LogP contribution in [0, 0.1) is 5.82 Å². The Bertz CT molecular complexity index is 909. The maximum absolute atomic E-state index is 13.3. The van der Waals surface area contributed by atoms with E-state index < -0.39 is 5.97 Å². The Morgan fingerprint density at radius 2 is 1.83 bits per heavy atom. The predicted molar refractivity (Wildman–Crippen MR) is 89.6 cm³/mol. The maximum atomic E-state index is 13.3. The van der Waals surface area contributed by atoms with Crippen LogP contribution < -0.4 is 0 Å². The van der Waals surface area contributed by atoms with E-state index in [2.05, 4.69) is 9.55 Å². The van der Waals surface area contributed by atoms with Crippen molar-refractivity contribution >= 4 is 17.0 Å². The molecule has 0 aliphatic heterocycles. The number of nitrogens with zero attached hydrogens (tertiary/aromatic N) is 2. The zero-order valence-corrected chi connectivity index (χ0v) is 13.1. The highest BCUT2D eigenvalue weighted by Gasteiger charge is 2.23. The molecule has 5 heteroatoms. The lowest BCUT2D eigenvalue weighted by Crippen LogP contribution is -2.06. The first-order chi connectivity index (χ1) is 11.6. The van der Waals surface area contributed by atoms with Gasteiger partial charge in [0, 0.05) is 11.6 Å². The minimum absolute atomic E-state index is 0.226. The molecule has 2 aromatic carbocycles. The van der Waals surface area contributed by atoms with E-state index in [0.29, 0.717) is 11.6 Å². The average molecular weight is 324 g/mol. The summed E-state index contributed by atoms with van der Waals surface area (Å²) in [5.74, 6) is -0.467. The van der Waals surface area contributed by atoms with E-state index in [1.807, 2.05) is 6.07 Å². The smallest absolute Gasteiger partial charge is 0.335 e. The Hall–Kier alpha value is -2.69. The molecule has 1 heterocycles. The van der Waals surface area contributed by atoms with Crippen molar-refractivity contribution in [2.75, 3.05) is 0 Å². The summed E-state index contributed by atoms with van der Waals surface area (Å²) in [6.07, 6.45) is 4.53. The van der Waals surface area contributed by atoms with Crippen molar-refractivity contribution in [1.29, 1.82) is 0 Å². The summed E-state index contributed by atoms with van der Waals surface area (Å²) < 4.78 is 15.5. The molecule has 1 saturated carbocycles. The second kappa shape index (κ2) is 5.74. The summed E-state index contributed by atoms with van der Waals surface area (Å²) in [7, 11) is 0. The van der Waals surface area contributed by atoms with Crippen LogP contribution >= 0.6 is 0 Å². The number of rotatable bonds is 3. The van der Waals surface area contributed by atoms with Crippen LogP contribution in [0.25, 0.3) is 22.4 Å². The van der Waals surface area contributed by atoms with Gasteiger partial charge in [-0.2, -0.15) is 0 Å². The van der Waals surface area contributed by atoms with Crippen molar-refractivity contribution in [3.05, 3.63) is 53.8 Å². The first-order valence-corrected chi connectivity index (χ1v) is 8.15. The van der Waals surface area contributed by atoms with E-state index in [9.17, 15) is 14.3 Å². The lowest BCUT2D eigenvalue weighted by molar-refractivity contribution is 0.0697. The Morgan fingerprint density at radius 3 is 2.50 bits per heavy atom. The van der Waals surface area contributed by atoms with Gasteiger partial charge in [0.1, 0.15) is 11.6 Å².